The van der Waals surface area contributed by atoms with Crippen LogP contribution in [0.25, 0.3) is 0 Å². The Hall–Kier alpha value is -2.91. The van der Waals surface area contributed by atoms with Gasteiger partial charge in [-0.1, -0.05) is 30.3 Å². The third-order valence-corrected chi connectivity index (χ3v) is 4.73. The first-order valence-corrected chi connectivity index (χ1v) is 9.40. The van der Waals surface area contributed by atoms with Crippen molar-refractivity contribution < 1.29 is 4.39 Å². The molecule has 0 amide bonds. The van der Waals surface area contributed by atoms with Gasteiger partial charge in [0.25, 0.3) is 0 Å². The Labute approximate surface area is 166 Å². The van der Waals surface area contributed by atoms with Gasteiger partial charge in [0.05, 0.1) is 11.6 Å². The fourth-order valence-electron chi connectivity index (χ4n) is 2.83. The molecule has 148 valence electrons. The molecule has 0 aromatic heterocycles. The van der Waals surface area contributed by atoms with Crippen molar-refractivity contribution in [2.75, 3.05) is 20.6 Å². The maximum Gasteiger partial charge on any atom is 0.191 e. The number of aliphatic imine (C=N–C) groups is 1. The van der Waals surface area contributed by atoms with Crippen LogP contribution in [0.2, 0.25) is 0 Å². The highest BCUT2D eigenvalue weighted by atomic mass is 19.1. The minimum Gasteiger partial charge on any atom is -0.356 e. The van der Waals surface area contributed by atoms with Crippen LogP contribution in [0.3, 0.4) is 0 Å². The van der Waals surface area contributed by atoms with Crippen LogP contribution in [0.5, 0.6) is 0 Å². The average molecular weight is 381 g/mol. The van der Waals surface area contributed by atoms with Gasteiger partial charge in [0.1, 0.15) is 5.82 Å². The highest BCUT2D eigenvalue weighted by Crippen LogP contribution is 2.10. The fourth-order valence-corrected chi connectivity index (χ4v) is 2.83. The third kappa shape index (κ3) is 6.67. The van der Waals surface area contributed by atoms with Gasteiger partial charge in [-0.2, -0.15) is 5.26 Å². The molecule has 1 atom stereocenters. The number of halogens is 1. The van der Waals surface area contributed by atoms with Crippen LogP contribution >= 0.6 is 0 Å². The predicted octanol–water partition coefficient (Wildman–Crippen LogP) is 3.27. The average Bonchev–Trinajstić information content (AvgIpc) is 2.72. The van der Waals surface area contributed by atoms with E-state index in [0.29, 0.717) is 23.1 Å². The molecule has 5 nitrogen and oxygen atoms in total. The number of hydrogen-bond acceptors (Lipinski definition) is 3. The summed E-state index contributed by atoms with van der Waals surface area (Å²) in [6.07, 6.45) is 0.947. The van der Waals surface area contributed by atoms with E-state index in [0.717, 1.165) is 19.5 Å². The largest absolute Gasteiger partial charge is 0.356 e. The smallest absolute Gasteiger partial charge is 0.191 e. The van der Waals surface area contributed by atoms with E-state index in [-0.39, 0.29) is 12.4 Å². The zero-order valence-electron chi connectivity index (χ0n) is 16.7. The van der Waals surface area contributed by atoms with Gasteiger partial charge >= 0.3 is 0 Å². The van der Waals surface area contributed by atoms with E-state index < -0.39 is 0 Å². The third-order valence-electron chi connectivity index (χ3n) is 4.73. The Balaban J connectivity index is 1.77. The number of hydrogen-bond donors (Lipinski definition) is 2. The van der Waals surface area contributed by atoms with E-state index in [4.69, 9.17) is 5.26 Å². The first kappa shape index (κ1) is 21.4. The van der Waals surface area contributed by atoms with Crippen LogP contribution in [-0.4, -0.2) is 37.5 Å². The van der Waals surface area contributed by atoms with Crippen LogP contribution in [0.4, 0.5) is 4.39 Å². The maximum absolute atomic E-state index is 13.9. The highest BCUT2D eigenvalue weighted by molar-refractivity contribution is 5.79. The van der Waals surface area contributed by atoms with E-state index >= 15 is 0 Å². The minimum atomic E-state index is -0.335. The van der Waals surface area contributed by atoms with Gasteiger partial charge in [-0.25, -0.2) is 4.39 Å². The van der Waals surface area contributed by atoms with Gasteiger partial charge in [0, 0.05) is 38.3 Å². The molecule has 0 saturated carbocycles. The van der Waals surface area contributed by atoms with E-state index in [2.05, 4.69) is 58.8 Å². The van der Waals surface area contributed by atoms with Gasteiger partial charge < -0.3 is 10.6 Å². The summed E-state index contributed by atoms with van der Waals surface area (Å²) in [4.78, 5) is 6.49. The van der Waals surface area contributed by atoms with E-state index in [1.165, 1.54) is 17.7 Å². The quantitative estimate of drug-likeness (QED) is 0.544. The van der Waals surface area contributed by atoms with Gasteiger partial charge in [-0.3, -0.25) is 9.89 Å². The van der Waals surface area contributed by atoms with Crippen LogP contribution in [0.1, 0.15) is 30.0 Å². The second-order valence-corrected chi connectivity index (χ2v) is 6.81. The van der Waals surface area contributed by atoms with Crippen molar-refractivity contribution in [1.82, 2.24) is 15.5 Å². The molecule has 0 saturated heterocycles. The van der Waals surface area contributed by atoms with Crippen molar-refractivity contribution in [3.63, 3.8) is 0 Å². The molecule has 0 spiro atoms. The summed E-state index contributed by atoms with van der Waals surface area (Å²) in [6.45, 7) is 4.12. The van der Waals surface area contributed by atoms with Crippen LogP contribution in [0.15, 0.2) is 53.5 Å². The summed E-state index contributed by atoms with van der Waals surface area (Å²) >= 11 is 0. The summed E-state index contributed by atoms with van der Waals surface area (Å²) in [5, 5.41) is 15.3. The number of guanidine groups is 1. The topological polar surface area (TPSA) is 63.5 Å². The van der Waals surface area contributed by atoms with Crippen molar-refractivity contribution in [2.24, 2.45) is 4.99 Å². The molecule has 2 N–H and O–H groups in total. The first-order chi connectivity index (χ1) is 13.5. The SMILES string of the molecule is CN=C(NCCC(C)N(C)Cc1ccccc1)NCc1cc(C#N)ccc1F. The predicted molar refractivity (Wildman–Crippen MR) is 111 cm³/mol. The van der Waals surface area contributed by atoms with Gasteiger partial charge in [-0.15, -0.1) is 0 Å². The molecule has 0 aliphatic heterocycles. The standard InChI is InChI=1S/C22H28FN5/c1-17(28(3)16-18-7-5-4-6-8-18)11-12-26-22(25-2)27-15-20-13-19(14-24)9-10-21(20)23/h4-10,13,17H,11-12,15-16H2,1-3H3,(H2,25,26,27). The monoisotopic (exact) mass is 381 g/mol. The lowest BCUT2D eigenvalue weighted by Crippen LogP contribution is -2.39. The fraction of sp³-hybridized carbons (Fsp3) is 0.364. The zero-order valence-corrected chi connectivity index (χ0v) is 16.7. The van der Waals surface area contributed by atoms with Crippen molar-refractivity contribution in [3.05, 3.63) is 71.0 Å². The molecule has 0 radical (unpaired) electrons. The van der Waals surface area contributed by atoms with E-state index in [9.17, 15) is 4.39 Å². The molecule has 0 fully saturated rings. The number of nitriles is 1. The molecule has 0 bridgehead atoms. The Kier molecular flexibility index (Phi) is 8.44. The Morgan fingerprint density at radius 3 is 2.64 bits per heavy atom. The number of benzene rings is 2. The molecule has 6 heteroatoms. The molecule has 2 rings (SSSR count). The normalized spacial score (nSPS) is 12.5. The lowest BCUT2D eigenvalue weighted by Gasteiger charge is -2.25. The molecule has 2 aromatic rings. The Morgan fingerprint density at radius 2 is 1.96 bits per heavy atom. The summed E-state index contributed by atoms with van der Waals surface area (Å²) in [5.41, 5.74) is 2.18. The van der Waals surface area contributed by atoms with Crippen LogP contribution < -0.4 is 10.6 Å². The Morgan fingerprint density at radius 1 is 1.21 bits per heavy atom. The van der Waals surface area contributed by atoms with Crippen LogP contribution in [-0.2, 0) is 13.1 Å². The van der Waals surface area contributed by atoms with Crippen LogP contribution in [0, 0.1) is 17.1 Å². The van der Waals surface area contributed by atoms with Gasteiger partial charge in [0.15, 0.2) is 5.96 Å². The molecular formula is C22H28FN5. The van der Waals surface area contributed by atoms with Crippen molar-refractivity contribution >= 4 is 5.96 Å². The summed E-state index contributed by atoms with van der Waals surface area (Å²) in [5.74, 6) is 0.276. The second-order valence-electron chi connectivity index (χ2n) is 6.81. The number of nitrogens with zero attached hydrogens (tertiary/aromatic N) is 3. The van der Waals surface area contributed by atoms with E-state index in [1.807, 2.05) is 12.1 Å². The molecule has 0 aliphatic rings. The molecule has 2 aromatic carbocycles. The maximum atomic E-state index is 13.9. The molecular weight excluding hydrogens is 353 g/mol. The molecule has 0 heterocycles. The van der Waals surface area contributed by atoms with Crippen molar-refractivity contribution in [3.8, 4) is 6.07 Å². The molecule has 0 aliphatic carbocycles. The summed E-state index contributed by atoms with van der Waals surface area (Å²) in [7, 11) is 3.80. The lowest BCUT2D eigenvalue weighted by atomic mass is 10.1. The summed E-state index contributed by atoms with van der Waals surface area (Å²) < 4.78 is 13.9. The lowest BCUT2D eigenvalue weighted by molar-refractivity contribution is 0.238. The van der Waals surface area contributed by atoms with Gasteiger partial charge in [-0.05, 0) is 44.2 Å². The highest BCUT2D eigenvalue weighted by Gasteiger charge is 2.10. The first-order valence-electron chi connectivity index (χ1n) is 9.40. The van der Waals surface area contributed by atoms with Crippen molar-refractivity contribution in [1.29, 1.82) is 5.26 Å². The van der Waals surface area contributed by atoms with Gasteiger partial charge in [0.2, 0.25) is 0 Å². The van der Waals surface area contributed by atoms with E-state index in [1.54, 1.807) is 13.1 Å². The second kappa shape index (κ2) is 11.1. The van der Waals surface area contributed by atoms with Crippen molar-refractivity contribution in [2.45, 2.75) is 32.5 Å². The number of nitrogens with one attached hydrogen (secondary N) is 2. The zero-order chi connectivity index (χ0) is 20.4. The Bertz CT molecular complexity index is 813. The molecule has 28 heavy (non-hydrogen) atoms. The minimum absolute atomic E-state index is 0.268. The molecule has 1 unspecified atom stereocenters. The number of rotatable bonds is 8. The summed E-state index contributed by atoms with van der Waals surface area (Å²) in [6, 6.07) is 17.2.